The highest BCUT2D eigenvalue weighted by atomic mass is 16.1. The molecule has 0 fully saturated rings. The smallest absolute Gasteiger partial charge is 0.224 e. The Bertz CT molecular complexity index is 382. The van der Waals surface area contributed by atoms with Gasteiger partial charge in [-0.1, -0.05) is 71.1 Å². The lowest BCUT2D eigenvalue weighted by Gasteiger charge is -2.05. The van der Waals surface area contributed by atoms with Crippen LogP contribution >= 0.6 is 0 Å². The molecule has 1 amide bonds. The van der Waals surface area contributed by atoms with Crippen LogP contribution < -0.4 is 5.32 Å². The number of unbranched alkanes of at least 4 members (excludes halogenated alkanes) is 10. The van der Waals surface area contributed by atoms with Crippen molar-refractivity contribution in [2.75, 3.05) is 5.32 Å². The Balaban J connectivity index is 0.00000484. The standard InChI is InChI=1S/C19H32N2O.H2O/c1-2-3-4-5-6-7-8-9-10-11-12-13-19(22)21-18-14-16-20-17-15-18;/h14-17H,2-13H2,1H3,(H,20,21,22);1H2. The first-order valence-corrected chi connectivity index (χ1v) is 9.03. The Morgan fingerprint density at radius 3 is 1.87 bits per heavy atom. The van der Waals surface area contributed by atoms with Crippen LogP contribution in [0, 0.1) is 0 Å². The second kappa shape index (κ2) is 15.5. The van der Waals surface area contributed by atoms with Crippen molar-refractivity contribution in [1.29, 1.82) is 0 Å². The van der Waals surface area contributed by atoms with Gasteiger partial charge in [0.1, 0.15) is 0 Å². The molecule has 0 saturated carbocycles. The lowest BCUT2D eigenvalue weighted by atomic mass is 10.1. The monoisotopic (exact) mass is 322 g/mol. The van der Waals surface area contributed by atoms with Crippen molar-refractivity contribution in [1.82, 2.24) is 4.98 Å². The average molecular weight is 322 g/mol. The molecule has 1 heterocycles. The third kappa shape index (κ3) is 12.8. The van der Waals surface area contributed by atoms with E-state index >= 15 is 0 Å². The maximum absolute atomic E-state index is 11.7. The largest absolute Gasteiger partial charge is 0.412 e. The van der Waals surface area contributed by atoms with Crippen molar-refractivity contribution in [2.24, 2.45) is 0 Å². The summed E-state index contributed by atoms with van der Waals surface area (Å²) >= 11 is 0. The zero-order chi connectivity index (χ0) is 15.9. The van der Waals surface area contributed by atoms with Crippen LogP contribution in [0.3, 0.4) is 0 Å². The van der Waals surface area contributed by atoms with Crippen molar-refractivity contribution < 1.29 is 10.3 Å². The van der Waals surface area contributed by atoms with Gasteiger partial charge in [-0.05, 0) is 18.6 Å². The number of amides is 1. The number of hydrogen-bond donors (Lipinski definition) is 1. The Kier molecular flexibility index (Phi) is 14.5. The van der Waals surface area contributed by atoms with Crippen LogP contribution in [0.1, 0.15) is 84.0 Å². The summed E-state index contributed by atoms with van der Waals surface area (Å²) in [4.78, 5) is 15.7. The van der Waals surface area contributed by atoms with E-state index in [9.17, 15) is 4.79 Å². The van der Waals surface area contributed by atoms with Gasteiger partial charge in [-0.2, -0.15) is 0 Å². The van der Waals surface area contributed by atoms with E-state index in [-0.39, 0.29) is 11.4 Å². The number of anilines is 1. The van der Waals surface area contributed by atoms with Crippen molar-refractivity contribution in [3.05, 3.63) is 24.5 Å². The minimum atomic E-state index is 0. The van der Waals surface area contributed by atoms with Gasteiger partial charge in [0.25, 0.3) is 0 Å². The van der Waals surface area contributed by atoms with Crippen molar-refractivity contribution in [3.8, 4) is 0 Å². The van der Waals surface area contributed by atoms with Gasteiger partial charge in [0, 0.05) is 24.5 Å². The Morgan fingerprint density at radius 1 is 0.870 bits per heavy atom. The molecule has 0 aromatic carbocycles. The van der Waals surface area contributed by atoms with Gasteiger partial charge in [0.05, 0.1) is 0 Å². The van der Waals surface area contributed by atoms with Gasteiger partial charge >= 0.3 is 0 Å². The fourth-order valence-corrected chi connectivity index (χ4v) is 2.61. The summed E-state index contributed by atoms with van der Waals surface area (Å²) in [5.74, 6) is 0.113. The van der Waals surface area contributed by atoms with Crippen molar-refractivity contribution in [3.63, 3.8) is 0 Å². The first-order valence-electron chi connectivity index (χ1n) is 9.03. The highest BCUT2D eigenvalue weighted by Crippen LogP contribution is 2.12. The molecule has 0 unspecified atom stereocenters. The third-order valence-electron chi connectivity index (χ3n) is 3.97. The fraction of sp³-hybridized carbons (Fsp3) is 0.684. The summed E-state index contributed by atoms with van der Waals surface area (Å²) in [6.07, 6.45) is 18.4. The quantitative estimate of drug-likeness (QED) is 0.525. The molecule has 0 aliphatic carbocycles. The van der Waals surface area contributed by atoms with Crippen LogP contribution in [-0.4, -0.2) is 16.4 Å². The van der Waals surface area contributed by atoms with E-state index in [1.165, 1.54) is 64.2 Å². The molecule has 0 radical (unpaired) electrons. The second-order valence-corrected chi connectivity index (χ2v) is 6.07. The normalized spacial score (nSPS) is 10.1. The highest BCUT2D eigenvalue weighted by Gasteiger charge is 2.01. The molecule has 0 aliphatic heterocycles. The third-order valence-corrected chi connectivity index (χ3v) is 3.97. The van der Waals surface area contributed by atoms with E-state index in [4.69, 9.17) is 0 Å². The van der Waals surface area contributed by atoms with Gasteiger partial charge in [-0.15, -0.1) is 0 Å². The summed E-state index contributed by atoms with van der Waals surface area (Å²) in [7, 11) is 0. The van der Waals surface area contributed by atoms with E-state index in [1.54, 1.807) is 12.4 Å². The highest BCUT2D eigenvalue weighted by molar-refractivity contribution is 5.90. The number of hydrogen-bond acceptors (Lipinski definition) is 2. The molecule has 3 N–H and O–H groups in total. The maximum Gasteiger partial charge on any atom is 0.224 e. The summed E-state index contributed by atoms with van der Waals surface area (Å²) in [6, 6.07) is 3.64. The molecule has 1 aromatic heterocycles. The van der Waals surface area contributed by atoms with Gasteiger partial charge in [0.15, 0.2) is 0 Å². The SMILES string of the molecule is CCCCCCCCCCCCCC(=O)Nc1ccncc1.O. The molecule has 0 bridgehead atoms. The zero-order valence-corrected chi connectivity index (χ0v) is 14.7. The number of carbonyl (C=O) groups excluding carboxylic acids is 1. The molecule has 23 heavy (non-hydrogen) atoms. The molecule has 1 aromatic rings. The summed E-state index contributed by atoms with van der Waals surface area (Å²) in [6.45, 7) is 2.26. The topological polar surface area (TPSA) is 73.5 Å². The van der Waals surface area contributed by atoms with Crippen molar-refractivity contribution in [2.45, 2.75) is 84.0 Å². The molecule has 0 atom stereocenters. The van der Waals surface area contributed by atoms with Crippen LogP contribution in [0.15, 0.2) is 24.5 Å². The molecular formula is C19H34N2O2. The van der Waals surface area contributed by atoms with Crippen LogP contribution in [-0.2, 0) is 4.79 Å². The molecule has 4 nitrogen and oxygen atoms in total. The van der Waals surface area contributed by atoms with Gasteiger partial charge in [-0.25, -0.2) is 0 Å². The molecule has 0 aliphatic rings. The van der Waals surface area contributed by atoms with Gasteiger partial charge in [0.2, 0.25) is 5.91 Å². The summed E-state index contributed by atoms with van der Waals surface area (Å²) in [5, 5.41) is 2.90. The first-order chi connectivity index (χ1) is 10.8. The molecule has 1 rings (SSSR count). The van der Waals surface area contributed by atoms with E-state index < -0.39 is 0 Å². The lowest BCUT2D eigenvalue weighted by molar-refractivity contribution is -0.116. The van der Waals surface area contributed by atoms with E-state index in [0.717, 1.165) is 12.1 Å². The maximum atomic E-state index is 11.7. The molecule has 0 saturated heterocycles. The first kappa shape index (κ1) is 21.6. The molecular weight excluding hydrogens is 288 g/mol. The minimum absolute atomic E-state index is 0. The Morgan fingerprint density at radius 2 is 1.35 bits per heavy atom. The Hall–Kier alpha value is -1.42. The zero-order valence-electron chi connectivity index (χ0n) is 14.7. The van der Waals surface area contributed by atoms with Gasteiger partial charge in [-0.3, -0.25) is 9.78 Å². The number of pyridine rings is 1. The van der Waals surface area contributed by atoms with Crippen molar-refractivity contribution >= 4 is 11.6 Å². The Labute approximate surface area is 141 Å². The second-order valence-electron chi connectivity index (χ2n) is 6.07. The fourth-order valence-electron chi connectivity index (χ4n) is 2.61. The van der Waals surface area contributed by atoms with E-state index in [0.29, 0.717) is 6.42 Å². The predicted octanol–water partition coefficient (Wildman–Crippen LogP) is 4.90. The number of carbonyl (C=O) groups is 1. The van der Waals surface area contributed by atoms with E-state index in [1.807, 2.05) is 12.1 Å². The molecule has 4 heteroatoms. The predicted molar refractivity (Wildman–Crippen MR) is 97.6 cm³/mol. The average Bonchev–Trinajstić information content (AvgIpc) is 2.53. The number of rotatable bonds is 13. The minimum Gasteiger partial charge on any atom is -0.412 e. The van der Waals surface area contributed by atoms with Crippen LogP contribution in [0.2, 0.25) is 0 Å². The van der Waals surface area contributed by atoms with Crippen LogP contribution in [0.5, 0.6) is 0 Å². The number of aromatic nitrogens is 1. The molecule has 132 valence electrons. The van der Waals surface area contributed by atoms with Crippen LogP contribution in [0.4, 0.5) is 5.69 Å². The summed E-state index contributed by atoms with van der Waals surface area (Å²) < 4.78 is 0. The van der Waals surface area contributed by atoms with E-state index in [2.05, 4.69) is 17.2 Å². The summed E-state index contributed by atoms with van der Waals surface area (Å²) in [5.41, 5.74) is 0.836. The lowest BCUT2D eigenvalue weighted by Crippen LogP contribution is -2.10. The number of nitrogens with zero attached hydrogens (tertiary/aromatic N) is 1. The molecule has 0 spiro atoms. The van der Waals surface area contributed by atoms with Gasteiger partial charge < -0.3 is 10.8 Å². The number of nitrogens with one attached hydrogen (secondary N) is 1. The van der Waals surface area contributed by atoms with Crippen LogP contribution in [0.25, 0.3) is 0 Å².